The van der Waals surface area contributed by atoms with Crippen molar-refractivity contribution in [2.75, 3.05) is 88.9 Å². The van der Waals surface area contributed by atoms with Gasteiger partial charge in [0.05, 0.1) is 30.9 Å². The second-order valence-corrected chi connectivity index (χ2v) is 17.0. The summed E-state index contributed by atoms with van der Waals surface area (Å²) in [6.45, 7) is 6.45. The number of nitrogens with one attached hydrogen (secondary N) is 2. The number of unbranched alkanes of at least 4 members (excludes halogenated alkanes) is 3. The molecular formula is C44H53ClN6O5. The minimum atomic E-state index is -1.23. The Morgan fingerprint density at radius 3 is 1.93 bits per heavy atom. The number of halogens is 1. The van der Waals surface area contributed by atoms with Gasteiger partial charge < -0.3 is 39.1 Å². The first kappa shape index (κ1) is 37.6. The maximum atomic E-state index is 14.1. The SMILES string of the molecule is CN1CC2CC(C1)N2c1ccc2c(c1)Oc1cc(N3C4CC3CN(C)C4)ccc1C21C(=N)C(=O)c2ccc(C(=O)NCCOCCOCCCCCCCl)cc21. The lowest BCUT2D eigenvalue weighted by Crippen LogP contribution is -2.68. The monoisotopic (exact) mass is 780 g/mol. The predicted octanol–water partition coefficient (Wildman–Crippen LogP) is 5.69. The summed E-state index contributed by atoms with van der Waals surface area (Å²) in [4.78, 5) is 37.6. The lowest BCUT2D eigenvalue weighted by Gasteiger charge is -2.57. The van der Waals surface area contributed by atoms with E-state index in [1.54, 1.807) is 12.1 Å². The molecule has 3 aromatic carbocycles. The maximum absolute atomic E-state index is 14.1. The van der Waals surface area contributed by atoms with Crippen molar-refractivity contribution in [3.63, 3.8) is 0 Å². The first-order chi connectivity index (χ1) is 27.3. The van der Waals surface area contributed by atoms with Crippen LogP contribution in [0.25, 0.3) is 0 Å². The lowest BCUT2D eigenvalue weighted by molar-refractivity contribution is 0.0468. The molecular weight excluding hydrogens is 728 g/mol. The number of benzene rings is 3. The number of rotatable bonds is 15. The number of likely N-dealkylation sites (tertiary alicyclic amines) is 1. The largest absolute Gasteiger partial charge is 0.457 e. The number of hydrogen-bond acceptors (Lipinski definition) is 10. The third kappa shape index (κ3) is 6.40. The van der Waals surface area contributed by atoms with Crippen LogP contribution in [-0.4, -0.2) is 130 Å². The molecule has 3 aromatic rings. The van der Waals surface area contributed by atoms with Gasteiger partial charge in [0.1, 0.15) is 11.5 Å². The predicted molar refractivity (Wildman–Crippen MR) is 219 cm³/mol. The number of ketones is 1. The van der Waals surface area contributed by atoms with E-state index in [1.165, 1.54) is 12.8 Å². The van der Waals surface area contributed by atoms with E-state index in [9.17, 15) is 15.0 Å². The first-order valence-corrected chi connectivity index (χ1v) is 21.0. The Balaban J connectivity index is 0.986. The number of nitrogens with zero attached hydrogens (tertiary/aromatic N) is 4. The van der Waals surface area contributed by atoms with Crippen LogP contribution in [-0.2, 0) is 14.9 Å². The Labute approximate surface area is 334 Å². The summed E-state index contributed by atoms with van der Waals surface area (Å²) in [5.74, 6) is 1.43. The van der Waals surface area contributed by atoms with Crippen molar-refractivity contribution in [2.45, 2.75) is 68.1 Å². The van der Waals surface area contributed by atoms with E-state index in [0.29, 0.717) is 91.2 Å². The third-order valence-corrected chi connectivity index (χ3v) is 13.2. The van der Waals surface area contributed by atoms with Crippen LogP contribution in [0, 0.1) is 5.41 Å². The van der Waals surface area contributed by atoms with Crippen molar-refractivity contribution >= 4 is 40.4 Å². The molecule has 1 spiro atoms. The molecule has 1 amide bonds. The number of carbonyl (C=O) groups is 2. The summed E-state index contributed by atoms with van der Waals surface area (Å²) in [6.07, 6.45) is 6.65. The fraction of sp³-hybridized carbons (Fsp3) is 0.523. The quantitative estimate of drug-likeness (QED) is 0.149. The molecule has 5 fully saturated rings. The number of amides is 1. The van der Waals surface area contributed by atoms with Crippen LogP contribution >= 0.6 is 11.6 Å². The highest BCUT2D eigenvalue weighted by Crippen LogP contribution is 2.58. The van der Waals surface area contributed by atoms with Crippen molar-refractivity contribution in [1.82, 2.24) is 15.1 Å². The molecule has 56 heavy (non-hydrogen) atoms. The second-order valence-electron chi connectivity index (χ2n) is 16.6. The van der Waals surface area contributed by atoms with E-state index in [-0.39, 0.29) is 17.4 Å². The molecule has 10 rings (SSSR count). The minimum Gasteiger partial charge on any atom is -0.457 e. The van der Waals surface area contributed by atoms with Gasteiger partial charge in [0.15, 0.2) is 0 Å². The zero-order valence-electron chi connectivity index (χ0n) is 32.5. The number of anilines is 2. The van der Waals surface area contributed by atoms with Gasteiger partial charge in [0.2, 0.25) is 5.78 Å². The molecule has 0 radical (unpaired) electrons. The molecule has 296 valence electrons. The average Bonchev–Trinajstić information content (AvgIpc) is 3.40. The van der Waals surface area contributed by atoms with Crippen molar-refractivity contribution in [3.05, 3.63) is 82.4 Å². The van der Waals surface area contributed by atoms with Crippen molar-refractivity contribution < 1.29 is 23.8 Å². The average molecular weight is 781 g/mol. The van der Waals surface area contributed by atoms with E-state index in [2.05, 4.69) is 75.4 Å². The minimum absolute atomic E-state index is 0.0212. The number of likely N-dealkylation sites (N-methyl/N-ethyl adjacent to an activating group) is 2. The fourth-order valence-electron chi connectivity index (χ4n) is 10.4. The van der Waals surface area contributed by atoms with Crippen LogP contribution in [0.3, 0.4) is 0 Å². The topological polar surface area (TPSA) is 111 Å². The van der Waals surface area contributed by atoms with Gasteiger partial charge >= 0.3 is 0 Å². The molecule has 7 aliphatic rings. The molecule has 6 aliphatic heterocycles. The van der Waals surface area contributed by atoms with Crippen LogP contribution in [0.1, 0.15) is 75.9 Å². The van der Waals surface area contributed by atoms with E-state index < -0.39 is 5.41 Å². The first-order valence-electron chi connectivity index (χ1n) is 20.5. The number of piperidine rings is 2. The number of Topliss-reactive ketones (excluding diaryl/α,β-unsaturated/α-hetero) is 1. The molecule has 12 heteroatoms. The smallest absolute Gasteiger partial charge is 0.251 e. The molecule has 11 nitrogen and oxygen atoms in total. The van der Waals surface area contributed by atoms with E-state index in [1.807, 2.05) is 6.07 Å². The number of fused-ring (bicyclic) bond motifs is 10. The normalized spacial score (nSPS) is 26.0. The maximum Gasteiger partial charge on any atom is 0.251 e. The Kier molecular flexibility index (Phi) is 10.3. The summed E-state index contributed by atoms with van der Waals surface area (Å²) in [5.41, 5.74) is 3.99. The Morgan fingerprint density at radius 1 is 0.768 bits per heavy atom. The second kappa shape index (κ2) is 15.4. The zero-order chi connectivity index (χ0) is 38.6. The van der Waals surface area contributed by atoms with Crippen molar-refractivity contribution in [2.24, 2.45) is 0 Å². The van der Waals surface area contributed by atoms with Gasteiger partial charge in [-0.05, 0) is 75.7 Å². The van der Waals surface area contributed by atoms with Crippen LogP contribution < -0.4 is 19.9 Å². The Morgan fingerprint density at radius 2 is 1.34 bits per heavy atom. The van der Waals surface area contributed by atoms with Crippen LogP contribution in [0.2, 0.25) is 0 Å². The molecule has 1 aliphatic carbocycles. The highest BCUT2D eigenvalue weighted by atomic mass is 35.5. The highest BCUT2D eigenvalue weighted by molar-refractivity contribution is 6.53. The number of alkyl halides is 1. The molecule has 6 heterocycles. The van der Waals surface area contributed by atoms with Gasteiger partial charge in [-0.25, -0.2) is 0 Å². The van der Waals surface area contributed by atoms with Crippen LogP contribution in [0.4, 0.5) is 11.4 Å². The molecule has 4 bridgehead atoms. The third-order valence-electron chi connectivity index (χ3n) is 12.9. The van der Waals surface area contributed by atoms with Gasteiger partial charge in [-0.2, -0.15) is 0 Å². The van der Waals surface area contributed by atoms with Crippen LogP contribution in [0.15, 0.2) is 54.6 Å². The Bertz CT molecular complexity index is 1920. The molecule has 0 aromatic heterocycles. The molecule has 4 atom stereocenters. The summed E-state index contributed by atoms with van der Waals surface area (Å²) in [7, 11) is 4.37. The summed E-state index contributed by atoms with van der Waals surface area (Å²) < 4.78 is 18.3. The lowest BCUT2D eigenvalue weighted by atomic mass is 9.67. The molecule has 5 saturated heterocycles. The van der Waals surface area contributed by atoms with E-state index in [0.717, 1.165) is 74.4 Å². The highest BCUT2D eigenvalue weighted by Gasteiger charge is 2.56. The molecule has 0 saturated carbocycles. The Hall–Kier alpha value is -4.00. The van der Waals surface area contributed by atoms with Gasteiger partial charge in [-0.3, -0.25) is 15.0 Å². The van der Waals surface area contributed by atoms with E-state index in [4.69, 9.17) is 25.8 Å². The van der Waals surface area contributed by atoms with Gasteiger partial charge in [-0.1, -0.05) is 25.0 Å². The number of hydrogen-bond donors (Lipinski definition) is 2. The summed E-state index contributed by atoms with van der Waals surface area (Å²) >= 11 is 5.74. The zero-order valence-corrected chi connectivity index (χ0v) is 33.3. The van der Waals surface area contributed by atoms with Gasteiger partial charge in [-0.15, -0.1) is 11.6 Å². The standard InChI is InChI=1S/C44H53ClN6O5/c1-48-24-31-20-32(25-48)50(31)29-8-11-36-39(22-29)56-40-23-30(51-33-21-34(51)27-49(2)26-33)9-12-37(40)44(36)38-19-28(7-10-35(38)41(52)42(44)46)43(53)47-14-16-55-18-17-54-15-6-4-3-5-13-45/h7-12,19,22-23,31-34,46H,3-6,13-18,20-21,24-27H2,1-2H3,(H,47,53). The molecule has 4 unspecified atom stereocenters. The summed E-state index contributed by atoms with van der Waals surface area (Å²) in [5, 5.41) is 12.6. The molecule has 2 N–H and O–H groups in total. The number of carbonyl (C=O) groups excluding carboxylic acids is 2. The number of ether oxygens (including phenoxy) is 3. The van der Waals surface area contributed by atoms with Crippen LogP contribution in [0.5, 0.6) is 11.5 Å². The number of piperazine rings is 2. The van der Waals surface area contributed by atoms with Gasteiger partial charge in [0.25, 0.3) is 5.91 Å². The summed E-state index contributed by atoms with van der Waals surface area (Å²) in [6, 6.07) is 19.6. The van der Waals surface area contributed by atoms with E-state index >= 15 is 0 Å². The van der Waals surface area contributed by atoms with Crippen molar-refractivity contribution in [1.29, 1.82) is 5.41 Å². The van der Waals surface area contributed by atoms with Crippen molar-refractivity contribution in [3.8, 4) is 11.5 Å². The fourth-order valence-corrected chi connectivity index (χ4v) is 10.6. The van der Waals surface area contributed by atoms with Gasteiger partial charge in [0, 0.05) is 115 Å².